The summed E-state index contributed by atoms with van der Waals surface area (Å²) in [6.45, 7) is 2.64. The van der Waals surface area contributed by atoms with Crippen molar-refractivity contribution in [3.63, 3.8) is 0 Å². The molecule has 0 aromatic heterocycles. The van der Waals surface area contributed by atoms with Gasteiger partial charge >= 0.3 is 0 Å². The van der Waals surface area contributed by atoms with E-state index in [0.29, 0.717) is 6.61 Å². The van der Waals surface area contributed by atoms with E-state index in [4.69, 9.17) is 9.84 Å². The molecule has 2 rings (SSSR count). The second-order valence-corrected chi connectivity index (χ2v) is 4.48. The SMILES string of the molecule is C[C@H](CO)NC1CCCOc2ccc(F)cc21. The van der Waals surface area contributed by atoms with Crippen molar-refractivity contribution in [3.8, 4) is 5.75 Å². The minimum atomic E-state index is -0.252. The van der Waals surface area contributed by atoms with Crippen LogP contribution in [0.5, 0.6) is 5.75 Å². The number of rotatable bonds is 3. The molecule has 0 bridgehead atoms. The highest BCUT2D eigenvalue weighted by Gasteiger charge is 2.21. The number of halogens is 1. The van der Waals surface area contributed by atoms with Gasteiger partial charge in [-0.1, -0.05) is 0 Å². The van der Waals surface area contributed by atoms with Crippen LogP contribution >= 0.6 is 0 Å². The molecule has 0 aliphatic carbocycles. The molecule has 1 unspecified atom stereocenters. The Bertz CT molecular complexity index is 384. The van der Waals surface area contributed by atoms with E-state index in [0.717, 1.165) is 24.2 Å². The Morgan fingerprint density at radius 1 is 1.59 bits per heavy atom. The molecular weight excluding hydrogens is 221 g/mol. The van der Waals surface area contributed by atoms with Crippen LogP contribution in [0, 0.1) is 5.82 Å². The second kappa shape index (κ2) is 5.47. The fraction of sp³-hybridized carbons (Fsp3) is 0.538. The van der Waals surface area contributed by atoms with Gasteiger partial charge in [0, 0.05) is 17.6 Å². The Hall–Kier alpha value is -1.13. The highest BCUT2D eigenvalue weighted by molar-refractivity contribution is 5.37. The van der Waals surface area contributed by atoms with Gasteiger partial charge in [-0.2, -0.15) is 0 Å². The first-order valence-corrected chi connectivity index (χ1v) is 6.00. The van der Waals surface area contributed by atoms with E-state index in [-0.39, 0.29) is 24.5 Å². The molecule has 1 aromatic rings. The monoisotopic (exact) mass is 239 g/mol. The molecule has 0 radical (unpaired) electrons. The molecular formula is C13H18FNO2. The van der Waals surface area contributed by atoms with Crippen LogP contribution in [0.3, 0.4) is 0 Å². The molecule has 0 spiro atoms. The van der Waals surface area contributed by atoms with E-state index in [1.54, 1.807) is 6.07 Å². The summed E-state index contributed by atoms with van der Waals surface area (Å²) in [5.41, 5.74) is 0.850. The standard InChI is InChI=1S/C13H18FNO2/c1-9(8-16)15-12-3-2-6-17-13-5-4-10(14)7-11(12)13/h4-5,7,9,12,15-16H,2-3,6,8H2,1H3/t9-,12?/m1/s1. The van der Waals surface area contributed by atoms with Gasteiger partial charge in [0.05, 0.1) is 13.2 Å². The molecule has 2 atom stereocenters. The summed E-state index contributed by atoms with van der Waals surface area (Å²) in [5.74, 6) is 0.490. The first-order valence-electron chi connectivity index (χ1n) is 6.00. The molecule has 17 heavy (non-hydrogen) atoms. The maximum absolute atomic E-state index is 13.3. The normalized spacial score (nSPS) is 21.2. The molecule has 0 fully saturated rings. The first-order chi connectivity index (χ1) is 8.20. The minimum absolute atomic E-state index is 0.00535. The van der Waals surface area contributed by atoms with Gasteiger partial charge in [-0.3, -0.25) is 0 Å². The van der Waals surface area contributed by atoms with Gasteiger partial charge in [0.15, 0.2) is 0 Å². The predicted octanol–water partition coefficient (Wildman–Crippen LogP) is 2.01. The number of hydrogen-bond donors (Lipinski definition) is 2. The average molecular weight is 239 g/mol. The topological polar surface area (TPSA) is 41.5 Å². The zero-order valence-corrected chi connectivity index (χ0v) is 9.95. The predicted molar refractivity (Wildman–Crippen MR) is 63.6 cm³/mol. The van der Waals surface area contributed by atoms with Crippen LogP contribution in [-0.4, -0.2) is 24.4 Å². The van der Waals surface area contributed by atoms with Crippen LogP contribution in [0.4, 0.5) is 4.39 Å². The zero-order valence-electron chi connectivity index (χ0n) is 9.95. The molecule has 1 aromatic carbocycles. The van der Waals surface area contributed by atoms with E-state index in [2.05, 4.69) is 5.32 Å². The van der Waals surface area contributed by atoms with Crippen molar-refractivity contribution < 1.29 is 14.2 Å². The maximum atomic E-state index is 13.3. The minimum Gasteiger partial charge on any atom is -0.493 e. The van der Waals surface area contributed by atoms with E-state index in [1.165, 1.54) is 12.1 Å². The summed E-state index contributed by atoms with van der Waals surface area (Å²) in [7, 11) is 0. The van der Waals surface area contributed by atoms with E-state index in [1.807, 2.05) is 6.92 Å². The number of hydrogen-bond acceptors (Lipinski definition) is 3. The number of benzene rings is 1. The Balaban J connectivity index is 2.25. The average Bonchev–Trinajstić information content (AvgIpc) is 2.52. The lowest BCUT2D eigenvalue weighted by Crippen LogP contribution is -2.33. The van der Waals surface area contributed by atoms with E-state index in [9.17, 15) is 4.39 Å². The summed E-state index contributed by atoms with van der Waals surface area (Å²) in [4.78, 5) is 0. The summed E-state index contributed by atoms with van der Waals surface area (Å²) in [6, 6.07) is 4.65. The fourth-order valence-electron chi connectivity index (χ4n) is 2.12. The third-order valence-electron chi connectivity index (χ3n) is 3.00. The second-order valence-electron chi connectivity index (χ2n) is 4.48. The molecule has 2 N–H and O–H groups in total. The van der Waals surface area contributed by atoms with Crippen LogP contribution < -0.4 is 10.1 Å². The molecule has 0 saturated carbocycles. The summed E-state index contributed by atoms with van der Waals surface area (Å²) >= 11 is 0. The summed E-state index contributed by atoms with van der Waals surface area (Å²) in [5, 5.41) is 12.4. The lowest BCUT2D eigenvalue weighted by molar-refractivity contribution is 0.238. The van der Waals surface area contributed by atoms with Crippen molar-refractivity contribution in [1.29, 1.82) is 0 Å². The van der Waals surface area contributed by atoms with Crippen molar-refractivity contribution in [2.24, 2.45) is 0 Å². The van der Waals surface area contributed by atoms with Gasteiger partial charge < -0.3 is 15.2 Å². The van der Waals surface area contributed by atoms with Crippen LogP contribution in [0.2, 0.25) is 0 Å². The molecule has 3 nitrogen and oxygen atoms in total. The highest BCUT2D eigenvalue weighted by Crippen LogP contribution is 2.32. The Morgan fingerprint density at radius 3 is 3.18 bits per heavy atom. The van der Waals surface area contributed by atoms with E-state index >= 15 is 0 Å². The summed E-state index contributed by atoms with van der Waals surface area (Å²) in [6.07, 6.45) is 1.81. The fourth-order valence-corrected chi connectivity index (χ4v) is 2.12. The Labute approximate surface area is 101 Å². The molecule has 0 amide bonds. The third-order valence-corrected chi connectivity index (χ3v) is 3.00. The number of ether oxygens (including phenoxy) is 1. The van der Waals surface area contributed by atoms with E-state index < -0.39 is 0 Å². The van der Waals surface area contributed by atoms with Crippen molar-refractivity contribution in [2.45, 2.75) is 31.8 Å². The van der Waals surface area contributed by atoms with Crippen molar-refractivity contribution in [1.82, 2.24) is 5.32 Å². The molecule has 4 heteroatoms. The quantitative estimate of drug-likeness (QED) is 0.847. The lowest BCUT2D eigenvalue weighted by atomic mass is 10.0. The Kier molecular flexibility index (Phi) is 3.97. The molecule has 1 aliphatic heterocycles. The molecule has 0 saturated heterocycles. The van der Waals surface area contributed by atoms with Gasteiger partial charge in [-0.15, -0.1) is 0 Å². The van der Waals surface area contributed by atoms with Gasteiger partial charge in [-0.25, -0.2) is 4.39 Å². The lowest BCUT2D eigenvalue weighted by Gasteiger charge is -2.22. The smallest absolute Gasteiger partial charge is 0.124 e. The van der Waals surface area contributed by atoms with Crippen LogP contribution in [0.1, 0.15) is 31.4 Å². The maximum Gasteiger partial charge on any atom is 0.124 e. The summed E-state index contributed by atoms with van der Waals surface area (Å²) < 4.78 is 18.9. The number of nitrogens with one attached hydrogen (secondary N) is 1. The van der Waals surface area contributed by atoms with Crippen molar-refractivity contribution in [3.05, 3.63) is 29.6 Å². The van der Waals surface area contributed by atoms with Crippen LogP contribution in [-0.2, 0) is 0 Å². The van der Waals surface area contributed by atoms with Gasteiger partial charge in [-0.05, 0) is 38.0 Å². The van der Waals surface area contributed by atoms with Crippen LogP contribution in [0.25, 0.3) is 0 Å². The molecule has 94 valence electrons. The number of fused-ring (bicyclic) bond motifs is 1. The van der Waals surface area contributed by atoms with Crippen molar-refractivity contribution in [2.75, 3.05) is 13.2 Å². The van der Waals surface area contributed by atoms with Crippen LogP contribution in [0.15, 0.2) is 18.2 Å². The largest absolute Gasteiger partial charge is 0.493 e. The zero-order chi connectivity index (χ0) is 12.3. The van der Waals surface area contributed by atoms with Gasteiger partial charge in [0.25, 0.3) is 0 Å². The highest BCUT2D eigenvalue weighted by atomic mass is 19.1. The third kappa shape index (κ3) is 2.96. The van der Waals surface area contributed by atoms with Crippen molar-refractivity contribution >= 4 is 0 Å². The Morgan fingerprint density at radius 2 is 2.41 bits per heavy atom. The molecule has 1 aliphatic rings. The molecule has 1 heterocycles. The first kappa shape index (κ1) is 12.3. The number of aliphatic hydroxyl groups is 1. The van der Waals surface area contributed by atoms with Gasteiger partial charge in [0.2, 0.25) is 0 Å². The number of aliphatic hydroxyl groups excluding tert-OH is 1. The van der Waals surface area contributed by atoms with Gasteiger partial charge in [0.1, 0.15) is 11.6 Å².